The maximum atomic E-state index is 12.7. The Morgan fingerprint density at radius 3 is 2.41 bits per heavy atom. The number of hydrogen-bond donors (Lipinski definition) is 1. The second-order valence-electron chi connectivity index (χ2n) is 7.13. The van der Waals surface area contributed by atoms with E-state index < -0.39 is 0 Å². The lowest BCUT2D eigenvalue weighted by Crippen LogP contribution is -2.16. The van der Waals surface area contributed by atoms with Crippen LogP contribution < -0.4 is 14.8 Å². The SMILES string of the molecule is CCOC(=O)c1cc(-c2ccccc2)n(CCC(=O)Nc2cc(OC)ccc2OC)c1C. The van der Waals surface area contributed by atoms with Crippen molar-refractivity contribution in [3.05, 3.63) is 65.9 Å². The van der Waals surface area contributed by atoms with Crippen LogP contribution in [0.2, 0.25) is 0 Å². The van der Waals surface area contributed by atoms with Gasteiger partial charge in [0.25, 0.3) is 0 Å². The molecule has 2 aromatic carbocycles. The summed E-state index contributed by atoms with van der Waals surface area (Å²) in [5, 5.41) is 2.89. The second-order valence-corrected chi connectivity index (χ2v) is 7.13. The van der Waals surface area contributed by atoms with Crippen molar-refractivity contribution < 1.29 is 23.8 Å². The molecule has 7 heteroatoms. The van der Waals surface area contributed by atoms with Crippen LogP contribution in [0.4, 0.5) is 5.69 Å². The lowest BCUT2D eigenvalue weighted by Gasteiger charge is -2.14. The van der Waals surface area contributed by atoms with Crippen LogP contribution in [-0.4, -0.2) is 37.3 Å². The quantitative estimate of drug-likeness (QED) is 0.493. The van der Waals surface area contributed by atoms with Gasteiger partial charge in [0, 0.05) is 30.4 Å². The van der Waals surface area contributed by atoms with Gasteiger partial charge in [-0.15, -0.1) is 0 Å². The number of amides is 1. The minimum Gasteiger partial charge on any atom is -0.497 e. The molecule has 7 nitrogen and oxygen atoms in total. The summed E-state index contributed by atoms with van der Waals surface area (Å²) in [6.07, 6.45) is 0.206. The molecule has 0 atom stereocenters. The van der Waals surface area contributed by atoms with Gasteiger partial charge in [-0.25, -0.2) is 4.79 Å². The number of nitrogens with zero attached hydrogens (tertiary/aromatic N) is 1. The molecule has 0 saturated carbocycles. The molecule has 1 heterocycles. The number of carbonyl (C=O) groups excluding carboxylic acids is 2. The van der Waals surface area contributed by atoms with Crippen molar-refractivity contribution in [1.29, 1.82) is 0 Å². The zero-order chi connectivity index (χ0) is 23.1. The first-order valence-corrected chi connectivity index (χ1v) is 10.4. The van der Waals surface area contributed by atoms with Crippen LogP contribution in [0, 0.1) is 6.92 Å². The molecule has 168 valence electrons. The molecule has 32 heavy (non-hydrogen) atoms. The number of ether oxygens (including phenoxy) is 3. The molecule has 0 unspecified atom stereocenters. The van der Waals surface area contributed by atoms with E-state index in [1.807, 2.05) is 47.9 Å². The van der Waals surface area contributed by atoms with Crippen LogP contribution in [0.15, 0.2) is 54.6 Å². The molecule has 0 bridgehead atoms. The zero-order valence-electron chi connectivity index (χ0n) is 18.8. The van der Waals surface area contributed by atoms with Crippen molar-refractivity contribution in [1.82, 2.24) is 4.57 Å². The van der Waals surface area contributed by atoms with E-state index in [-0.39, 0.29) is 18.3 Å². The third kappa shape index (κ3) is 5.11. The van der Waals surface area contributed by atoms with Crippen molar-refractivity contribution in [2.24, 2.45) is 0 Å². The van der Waals surface area contributed by atoms with Crippen molar-refractivity contribution in [2.45, 2.75) is 26.8 Å². The highest BCUT2D eigenvalue weighted by molar-refractivity contribution is 5.94. The average molecular weight is 437 g/mol. The Balaban J connectivity index is 1.84. The summed E-state index contributed by atoms with van der Waals surface area (Å²) < 4.78 is 17.8. The van der Waals surface area contributed by atoms with E-state index in [1.165, 1.54) is 0 Å². The first kappa shape index (κ1) is 22.9. The molecule has 1 N–H and O–H groups in total. The number of methoxy groups -OCH3 is 2. The monoisotopic (exact) mass is 436 g/mol. The van der Waals surface area contributed by atoms with E-state index in [2.05, 4.69) is 5.32 Å². The molecule has 0 saturated heterocycles. The Bertz CT molecular complexity index is 1090. The summed E-state index contributed by atoms with van der Waals surface area (Å²) in [5.74, 6) is 0.617. The van der Waals surface area contributed by atoms with Crippen LogP contribution in [0.3, 0.4) is 0 Å². The van der Waals surface area contributed by atoms with Crippen LogP contribution in [0.1, 0.15) is 29.4 Å². The van der Waals surface area contributed by atoms with Crippen molar-refractivity contribution in [2.75, 3.05) is 26.1 Å². The third-order valence-corrected chi connectivity index (χ3v) is 5.17. The topological polar surface area (TPSA) is 78.8 Å². The van der Waals surface area contributed by atoms with Gasteiger partial charge in [0.2, 0.25) is 5.91 Å². The highest BCUT2D eigenvalue weighted by Crippen LogP contribution is 2.30. The maximum Gasteiger partial charge on any atom is 0.339 e. The fourth-order valence-electron chi connectivity index (χ4n) is 3.53. The minimum absolute atomic E-state index is 0.179. The summed E-state index contributed by atoms with van der Waals surface area (Å²) in [6, 6.07) is 16.8. The molecule has 0 aliphatic heterocycles. The molecule has 3 aromatic rings. The lowest BCUT2D eigenvalue weighted by molar-refractivity contribution is -0.116. The Morgan fingerprint density at radius 1 is 1.00 bits per heavy atom. The number of carbonyl (C=O) groups is 2. The van der Waals surface area contributed by atoms with Gasteiger partial charge < -0.3 is 24.1 Å². The zero-order valence-corrected chi connectivity index (χ0v) is 18.8. The fraction of sp³-hybridized carbons (Fsp3) is 0.280. The van der Waals surface area contributed by atoms with E-state index >= 15 is 0 Å². The predicted molar refractivity (Wildman–Crippen MR) is 123 cm³/mol. The summed E-state index contributed by atoms with van der Waals surface area (Å²) >= 11 is 0. The molecule has 0 spiro atoms. The van der Waals surface area contributed by atoms with Crippen LogP contribution in [0.5, 0.6) is 11.5 Å². The molecule has 0 aliphatic carbocycles. The van der Waals surface area contributed by atoms with E-state index in [9.17, 15) is 9.59 Å². The first-order valence-electron chi connectivity index (χ1n) is 10.4. The van der Waals surface area contributed by atoms with Gasteiger partial charge in [-0.3, -0.25) is 4.79 Å². The number of aromatic nitrogens is 1. The fourth-order valence-corrected chi connectivity index (χ4v) is 3.53. The second kappa shape index (κ2) is 10.5. The Hall–Kier alpha value is -3.74. The summed E-state index contributed by atoms with van der Waals surface area (Å²) in [5.41, 5.74) is 3.62. The Labute approximate surface area is 187 Å². The van der Waals surface area contributed by atoms with E-state index in [0.717, 1.165) is 17.0 Å². The highest BCUT2D eigenvalue weighted by Gasteiger charge is 2.20. The van der Waals surface area contributed by atoms with Crippen LogP contribution in [-0.2, 0) is 16.1 Å². The smallest absolute Gasteiger partial charge is 0.339 e. The first-order chi connectivity index (χ1) is 15.5. The molecule has 0 aliphatic rings. The standard InChI is InChI=1S/C25H28N2O5/c1-5-32-25(29)20-16-22(18-9-7-6-8-10-18)27(17(20)2)14-13-24(28)26-21-15-19(30-3)11-12-23(21)31-4/h6-12,15-16H,5,13-14H2,1-4H3,(H,26,28). The average Bonchev–Trinajstić information content (AvgIpc) is 3.14. The summed E-state index contributed by atoms with van der Waals surface area (Å²) in [7, 11) is 3.11. The molecule has 0 fully saturated rings. The lowest BCUT2D eigenvalue weighted by atomic mass is 10.1. The summed E-state index contributed by atoms with van der Waals surface area (Å²) in [6.45, 7) is 4.34. The number of esters is 1. The summed E-state index contributed by atoms with van der Waals surface area (Å²) in [4.78, 5) is 25.2. The molecule has 0 radical (unpaired) electrons. The van der Waals surface area contributed by atoms with E-state index in [4.69, 9.17) is 14.2 Å². The molecule has 1 amide bonds. The van der Waals surface area contributed by atoms with Crippen LogP contribution >= 0.6 is 0 Å². The predicted octanol–water partition coefficient (Wildman–Crippen LogP) is 4.69. The van der Waals surface area contributed by atoms with Gasteiger partial charge in [0.05, 0.1) is 32.1 Å². The Kier molecular flexibility index (Phi) is 7.54. The van der Waals surface area contributed by atoms with Gasteiger partial charge in [-0.2, -0.15) is 0 Å². The van der Waals surface area contributed by atoms with Gasteiger partial charge in [-0.05, 0) is 37.6 Å². The van der Waals surface area contributed by atoms with Gasteiger partial charge in [0.15, 0.2) is 0 Å². The molecular weight excluding hydrogens is 408 g/mol. The third-order valence-electron chi connectivity index (χ3n) is 5.17. The Morgan fingerprint density at radius 2 is 1.75 bits per heavy atom. The number of benzene rings is 2. The number of anilines is 1. The molecule has 1 aromatic heterocycles. The largest absolute Gasteiger partial charge is 0.497 e. The molecular formula is C25H28N2O5. The maximum absolute atomic E-state index is 12.7. The van der Waals surface area contributed by atoms with E-state index in [1.54, 1.807) is 39.3 Å². The van der Waals surface area contributed by atoms with Crippen molar-refractivity contribution in [3.63, 3.8) is 0 Å². The van der Waals surface area contributed by atoms with Crippen molar-refractivity contribution in [3.8, 4) is 22.8 Å². The highest BCUT2D eigenvalue weighted by atomic mass is 16.5. The van der Waals surface area contributed by atoms with Crippen molar-refractivity contribution >= 4 is 17.6 Å². The van der Waals surface area contributed by atoms with E-state index in [0.29, 0.717) is 35.9 Å². The van der Waals surface area contributed by atoms with Crippen LogP contribution in [0.25, 0.3) is 11.3 Å². The van der Waals surface area contributed by atoms with Gasteiger partial charge in [0.1, 0.15) is 11.5 Å². The number of rotatable bonds is 9. The van der Waals surface area contributed by atoms with Gasteiger partial charge >= 0.3 is 5.97 Å². The molecule has 3 rings (SSSR count). The minimum atomic E-state index is -0.369. The number of hydrogen-bond acceptors (Lipinski definition) is 5. The number of nitrogens with one attached hydrogen (secondary N) is 1. The normalized spacial score (nSPS) is 10.5. The van der Waals surface area contributed by atoms with Gasteiger partial charge in [-0.1, -0.05) is 30.3 Å².